The first-order valence-electron chi connectivity index (χ1n) is 8.57. The molecule has 1 aliphatic rings. The van der Waals surface area contributed by atoms with E-state index in [9.17, 15) is 14.0 Å². The van der Waals surface area contributed by atoms with Crippen molar-refractivity contribution in [3.8, 4) is 17.0 Å². The van der Waals surface area contributed by atoms with Crippen LogP contribution in [0.1, 0.15) is 6.92 Å². The maximum absolute atomic E-state index is 13.1. The topological polar surface area (TPSA) is 71.5 Å². The van der Waals surface area contributed by atoms with Gasteiger partial charge in [-0.15, -0.1) is 11.3 Å². The number of nitrogens with zero attached hydrogens (tertiary/aromatic N) is 2. The van der Waals surface area contributed by atoms with E-state index in [1.165, 1.54) is 40.5 Å². The Kier molecular flexibility index (Phi) is 4.79. The second-order valence-electron chi connectivity index (χ2n) is 6.28. The molecular formula is C20H16FN3O3S. The number of aromatic nitrogens is 1. The van der Waals surface area contributed by atoms with Crippen LogP contribution in [-0.4, -0.2) is 29.4 Å². The molecule has 0 saturated heterocycles. The van der Waals surface area contributed by atoms with Gasteiger partial charge in [0.1, 0.15) is 17.6 Å². The molecule has 1 N–H and O–H groups in total. The fraction of sp³-hybridized carbons (Fsp3) is 0.150. The molecule has 2 aromatic carbocycles. The van der Waals surface area contributed by atoms with E-state index in [4.69, 9.17) is 4.74 Å². The molecule has 4 rings (SSSR count). The van der Waals surface area contributed by atoms with Crippen LogP contribution in [0.4, 0.5) is 15.8 Å². The predicted molar refractivity (Wildman–Crippen MR) is 105 cm³/mol. The van der Waals surface area contributed by atoms with Crippen molar-refractivity contribution in [1.29, 1.82) is 0 Å². The number of benzene rings is 2. The normalized spacial score (nSPS) is 14.2. The quantitative estimate of drug-likeness (QED) is 0.729. The third-order valence-electron chi connectivity index (χ3n) is 4.44. The van der Waals surface area contributed by atoms with Crippen molar-refractivity contribution in [3.05, 3.63) is 59.2 Å². The molecule has 142 valence electrons. The van der Waals surface area contributed by atoms with Crippen molar-refractivity contribution >= 4 is 34.5 Å². The molecule has 2 amide bonds. The van der Waals surface area contributed by atoms with Crippen molar-refractivity contribution in [2.45, 2.75) is 13.0 Å². The van der Waals surface area contributed by atoms with Crippen LogP contribution in [0.25, 0.3) is 11.3 Å². The first-order valence-corrected chi connectivity index (χ1v) is 9.51. The van der Waals surface area contributed by atoms with Crippen LogP contribution < -0.4 is 15.0 Å². The lowest BCUT2D eigenvalue weighted by molar-refractivity contribution is -0.125. The minimum absolute atomic E-state index is 0.142. The molecule has 0 fully saturated rings. The number of nitrogens with one attached hydrogen (secondary N) is 1. The lowest BCUT2D eigenvalue weighted by Crippen LogP contribution is -2.49. The second kappa shape index (κ2) is 7.40. The first kappa shape index (κ1) is 18.1. The number of carbonyl (C=O) groups excluding carboxylic acids is 2. The Morgan fingerprint density at radius 3 is 2.79 bits per heavy atom. The zero-order valence-corrected chi connectivity index (χ0v) is 15.7. The largest absolute Gasteiger partial charge is 0.482 e. The summed E-state index contributed by atoms with van der Waals surface area (Å²) in [5, 5.41) is 4.61. The summed E-state index contributed by atoms with van der Waals surface area (Å²) in [6.45, 7) is 1.50. The maximum Gasteiger partial charge on any atom is 0.265 e. The van der Waals surface area contributed by atoms with Crippen LogP contribution >= 0.6 is 11.3 Å². The second-order valence-corrected chi connectivity index (χ2v) is 7.00. The fourth-order valence-electron chi connectivity index (χ4n) is 3.01. The summed E-state index contributed by atoms with van der Waals surface area (Å²) in [5.74, 6) is -0.561. The van der Waals surface area contributed by atoms with E-state index < -0.39 is 11.9 Å². The Morgan fingerprint density at radius 2 is 2.07 bits per heavy atom. The van der Waals surface area contributed by atoms with E-state index in [0.29, 0.717) is 17.1 Å². The third-order valence-corrected chi connectivity index (χ3v) is 5.03. The van der Waals surface area contributed by atoms with Gasteiger partial charge in [0.25, 0.3) is 5.91 Å². The maximum atomic E-state index is 13.1. The van der Waals surface area contributed by atoms with Gasteiger partial charge in [-0.2, -0.15) is 0 Å². The van der Waals surface area contributed by atoms with Crippen LogP contribution in [0.2, 0.25) is 0 Å². The first-order chi connectivity index (χ1) is 13.5. The van der Waals surface area contributed by atoms with Gasteiger partial charge in [-0.1, -0.05) is 0 Å². The average molecular weight is 397 g/mol. The summed E-state index contributed by atoms with van der Waals surface area (Å²) in [5.41, 5.74) is 4.31. The number of hydrogen-bond donors (Lipinski definition) is 1. The Labute approximate surface area is 164 Å². The van der Waals surface area contributed by atoms with Crippen LogP contribution in [0.5, 0.6) is 5.75 Å². The summed E-state index contributed by atoms with van der Waals surface area (Å²) in [7, 11) is 0. The molecule has 3 aromatic rings. The molecule has 1 atom stereocenters. The van der Waals surface area contributed by atoms with Gasteiger partial charge in [0.2, 0.25) is 5.91 Å². The van der Waals surface area contributed by atoms with Crippen molar-refractivity contribution in [2.75, 3.05) is 16.8 Å². The molecule has 1 aromatic heterocycles. The number of fused-ring (bicyclic) bond motifs is 1. The molecule has 2 heterocycles. The van der Waals surface area contributed by atoms with Crippen molar-refractivity contribution in [3.63, 3.8) is 0 Å². The summed E-state index contributed by atoms with van der Waals surface area (Å²) in [6.07, 6.45) is 0. The number of halogens is 1. The minimum Gasteiger partial charge on any atom is -0.482 e. The summed E-state index contributed by atoms with van der Waals surface area (Å²) < 4.78 is 18.6. The number of hydrogen-bond acceptors (Lipinski definition) is 5. The van der Waals surface area contributed by atoms with Crippen LogP contribution in [0.3, 0.4) is 0 Å². The van der Waals surface area contributed by atoms with Gasteiger partial charge >= 0.3 is 0 Å². The van der Waals surface area contributed by atoms with E-state index in [2.05, 4.69) is 10.3 Å². The number of carbonyl (C=O) groups is 2. The van der Waals surface area contributed by atoms with Crippen LogP contribution in [-0.2, 0) is 9.59 Å². The highest BCUT2D eigenvalue weighted by atomic mass is 32.1. The highest BCUT2D eigenvalue weighted by Crippen LogP contribution is 2.37. The number of anilines is 2. The number of rotatable bonds is 4. The standard InChI is InChI=1S/C20H16FN3O3S/c1-12(20(26)23-15-5-3-14(21)4-6-15)24-17-8-13(16-10-28-11-22-16)2-7-18(17)27-9-19(24)25/h2-8,10-12H,9H2,1H3,(H,23,26). The monoisotopic (exact) mass is 397 g/mol. The molecule has 1 aliphatic heterocycles. The number of thiazole rings is 1. The van der Waals surface area contributed by atoms with Crippen LogP contribution in [0.15, 0.2) is 53.4 Å². The van der Waals surface area contributed by atoms with Gasteiger partial charge in [-0.3, -0.25) is 14.5 Å². The smallest absolute Gasteiger partial charge is 0.265 e. The summed E-state index contributed by atoms with van der Waals surface area (Å²) in [6, 6.07) is 10.1. The zero-order valence-electron chi connectivity index (χ0n) is 14.9. The number of ether oxygens (including phenoxy) is 1. The van der Waals surface area contributed by atoms with Crippen molar-refractivity contribution in [1.82, 2.24) is 4.98 Å². The van der Waals surface area contributed by atoms with Crippen molar-refractivity contribution in [2.24, 2.45) is 0 Å². The SMILES string of the molecule is CC(C(=O)Nc1ccc(F)cc1)N1C(=O)COc2ccc(-c3cscn3)cc21. The fourth-order valence-corrected chi connectivity index (χ4v) is 3.57. The molecule has 28 heavy (non-hydrogen) atoms. The van der Waals surface area contributed by atoms with Crippen molar-refractivity contribution < 1.29 is 18.7 Å². The van der Waals surface area contributed by atoms with E-state index in [-0.39, 0.29) is 18.4 Å². The lowest BCUT2D eigenvalue weighted by atomic mass is 10.1. The molecule has 1 unspecified atom stereocenters. The molecular weight excluding hydrogens is 381 g/mol. The molecule has 0 spiro atoms. The van der Waals surface area contributed by atoms with Gasteiger partial charge < -0.3 is 10.1 Å². The minimum atomic E-state index is -0.786. The highest BCUT2D eigenvalue weighted by Gasteiger charge is 2.33. The van der Waals surface area contributed by atoms with Gasteiger partial charge in [0.15, 0.2) is 6.61 Å². The zero-order chi connectivity index (χ0) is 19.7. The lowest BCUT2D eigenvalue weighted by Gasteiger charge is -2.33. The molecule has 0 saturated carbocycles. The van der Waals surface area contributed by atoms with Crippen LogP contribution in [0, 0.1) is 5.82 Å². The Bertz CT molecular complexity index is 1020. The van der Waals surface area contributed by atoms with E-state index in [1.54, 1.807) is 24.6 Å². The van der Waals surface area contributed by atoms with Gasteiger partial charge in [0, 0.05) is 16.6 Å². The highest BCUT2D eigenvalue weighted by molar-refractivity contribution is 7.07. The summed E-state index contributed by atoms with van der Waals surface area (Å²) >= 11 is 1.47. The third kappa shape index (κ3) is 3.46. The van der Waals surface area contributed by atoms with Gasteiger partial charge in [0.05, 0.1) is 16.9 Å². The van der Waals surface area contributed by atoms with E-state index in [1.807, 2.05) is 11.4 Å². The van der Waals surface area contributed by atoms with Gasteiger partial charge in [-0.25, -0.2) is 9.37 Å². The molecule has 8 heteroatoms. The van der Waals surface area contributed by atoms with E-state index in [0.717, 1.165) is 11.3 Å². The molecule has 6 nitrogen and oxygen atoms in total. The van der Waals surface area contributed by atoms with Gasteiger partial charge in [-0.05, 0) is 49.4 Å². The average Bonchev–Trinajstić information content (AvgIpc) is 3.23. The molecule has 0 aliphatic carbocycles. The summed E-state index contributed by atoms with van der Waals surface area (Å²) in [4.78, 5) is 31.0. The van der Waals surface area contributed by atoms with E-state index >= 15 is 0 Å². The molecule has 0 bridgehead atoms. The molecule has 0 radical (unpaired) electrons. The Balaban J connectivity index is 1.63. The number of amides is 2. The predicted octanol–water partition coefficient (Wildman–Crippen LogP) is 3.70. The Morgan fingerprint density at radius 1 is 1.29 bits per heavy atom. The Hall–Kier alpha value is -3.26.